The highest BCUT2D eigenvalue weighted by Crippen LogP contribution is 2.22. The Bertz CT molecular complexity index is 625. The first kappa shape index (κ1) is 14.7. The van der Waals surface area contributed by atoms with Gasteiger partial charge in [0.1, 0.15) is 0 Å². The number of nitrogens with zero attached hydrogens (tertiary/aromatic N) is 3. The highest BCUT2D eigenvalue weighted by atomic mass is 16.5. The van der Waals surface area contributed by atoms with Crippen LogP contribution in [0.25, 0.3) is 5.69 Å². The molecule has 2 heterocycles. The van der Waals surface area contributed by atoms with E-state index in [4.69, 9.17) is 4.74 Å². The first-order valence-corrected chi connectivity index (χ1v) is 7.26. The molecule has 0 aliphatic carbocycles. The third kappa shape index (κ3) is 2.75. The van der Waals surface area contributed by atoms with E-state index in [1.807, 2.05) is 22.9 Å². The van der Waals surface area contributed by atoms with E-state index in [9.17, 15) is 9.90 Å². The molecule has 0 radical (unpaired) electrons. The number of benzene rings is 1. The van der Waals surface area contributed by atoms with E-state index in [1.165, 1.54) is 0 Å². The van der Waals surface area contributed by atoms with Gasteiger partial charge < -0.3 is 19.3 Å². The van der Waals surface area contributed by atoms with E-state index in [0.717, 1.165) is 5.69 Å². The molecule has 0 bridgehead atoms. The molecule has 2 atom stereocenters. The summed E-state index contributed by atoms with van der Waals surface area (Å²) in [5, 5.41) is 9.45. The van der Waals surface area contributed by atoms with Gasteiger partial charge in [-0.2, -0.15) is 0 Å². The van der Waals surface area contributed by atoms with Crippen LogP contribution in [0.5, 0.6) is 0 Å². The molecule has 1 aromatic heterocycles. The Morgan fingerprint density at radius 3 is 2.77 bits per heavy atom. The number of hydrogen-bond acceptors (Lipinski definition) is 4. The Labute approximate surface area is 129 Å². The Hall–Kier alpha value is -2.18. The number of amides is 1. The molecule has 1 saturated heterocycles. The number of aliphatic hydroxyl groups is 1. The van der Waals surface area contributed by atoms with Crippen molar-refractivity contribution >= 4 is 5.91 Å². The van der Waals surface area contributed by atoms with Crippen LogP contribution in [0.3, 0.4) is 0 Å². The van der Waals surface area contributed by atoms with Gasteiger partial charge in [0, 0.05) is 37.3 Å². The summed E-state index contributed by atoms with van der Waals surface area (Å²) < 4.78 is 7.19. The zero-order valence-corrected chi connectivity index (χ0v) is 12.4. The average molecular weight is 301 g/mol. The van der Waals surface area contributed by atoms with Gasteiger partial charge in [0.05, 0.1) is 25.1 Å². The van der Waals surface area contributed by atoms with Crippen molar-refractivity contribution in [2.24, 2.45) is 0 Å². The third-order valence-corrected chi connectivity index (χ3v) is 4.10. The standard InChI is InChI=1S/C16H19N3O3/c1-22-15-8-14(10-20)19(9-15)16(21)12-2-4-13(5-3-12)18-7-6-17-11-18/h2-7,11,14-15,20H,8-10H2,1H3/t14-,15-/m0/s1. The number of rotatable bonds is 4. The Morgan fingerprint density at radius 2 is 2.18 bits per heavy atom. The lowest BCUT2D eigenvalue weighted by atomic mass is 10.1. The van der Waals surface area contributed by atoms with Crippen LogP contribution in [0.4, 0.5) is 0 Å². The summed E-state index contributed by atoms with van der Waals surface area (Å²) in [6, 6.07) is 7.18. The van der Waals surface area contributed by atoms with Crippen molar-refractivity contribution in [3.8, 4) is 5.69 Å². The molecule has 0 unspecified atom stereocenters. The van der Waals surface area contributed by atoms with E-state index in [2.05, 4.69) is 4.98 Å². The van der Waals surface area contributed by atoms with Crippen LogP contribution in [0, 0.1) is 0 Å². The van der Waals surface area contributed by atoms with Crippen LogP contribution in [-0.2, 0) is 4.74 Å². The minimum Gasteiger partial charge on any atom is -0.394 e. The molecular weight excluding hydrogens is 282 g/mol. The maximum absolute atomic E-state index is 12.6. The van der Waals surface area contributed by atoms with Gasteiger partial charge >= 0.3 is 0 Å². The van der Waals surface area contributed by atoms with Crippen LogP contribution in [0.1, 0.15) is 16.8 Å². The Morgan fingerprint density at radius 1 is 1.41 bits per heavy atom. The van der Waals surface area contributed by atoms with Crippen molar-refractivity contribution in [3.05, 3.63) is 48.5 Å². The first-order valence-electron chi connectivity index (χ1n) is 7.26. The molecule has 1 aliphatic heterocycles. The van der Waals surface area contributed by atoms with E-state index in [1.54, 1.807) is 36.7 Å². The van der Waals surface area contributed by atoms with Crippen molar-refractivity contribution < 1.29 is 14.6 Å². The molecule has 1 N–H and O–H groups in total. The second-order valence-corrected chi connectivity index (χ2v) is 5.40. The molecule has 22 heavy (non-hydrogen) atoms. The summed E-state index contributed by atoms with van der Waals surface area (Å²) in [5.41, 5.74) is 1.56. The molecule has 3 rings (SSSR count). The van der Waals surface area contributed by atoms with E-state index < -0.39 is 0 Å². The van der Waals surface area contributed by atoms with Gasteiger partial charge in [-0.25, -0.2) is 4.98 Å². The van der Waals surface area contributed by atoms with E-state index in [0.29, 0.717) is 18.5 Å². The number of aromatic nitrogens is 2. The minimum absolute atomic E-state index is 0.00804. The molecule has 1 fully saturated rings. The van der Waals surface area contributed by atoms with Crippen LogP contribution < -0.4 is 0 Å². The number of carbonyl (C=O) groups is 1. The van der Waals surface area contributed by atoms with Gasteiger partial charge in [0.15, 0.2) is 0 Å². The zero-order chi connectivity index (χ0) is 15.5. The van der Waals surface area contributed by atoms with Gasteiger partial charge in [-0.3, -0.25) is 4.79 Å². The lowest BCUT2D eigenvalue weighted by molar-refractivity contribution is 0.0648. The number of likely N-dealkylation sites (tertiary alicyclic amines) is 1. The normalized spacial score (nSPS) is 21.3. The van der Waals surface area contributed by atoms with Gasteiger partial charge in [0.2, 0.25) is 0 Å². The second kappa shape index (κ2) is 6.29. The van der Waals surface area contributed by atoms with Gasteiger partial charge in [-0.15, -0.1) is 0 Å². The van der Waals surface area contributed by atoms with Crippen molar-refractivity contribution in [2.75, 3.05) is 20.3 Å². The summed E-state index contributed by atoms with van der Waals surface area (Å²) in [6.07, 6.45) is 5.93. The first-order chi connectivity index (χ1) is 10.7. The van der Waals surface area contributed by atoms with Gasteiger partial charge in [-0.05, 0) is 30.7 Å². The van der Waals surface area contributed by atoms with Crippen LogP contribution in [-0.4, -0.2) is 57.9 Å². The van der Waals surface area contributed by atoms with Gasteiger partial charge in [-0.1, -0.05) is 0 Å². The topological polar surface area (TPSA) is 67.6 Å². The predicted octanol–water partition coefficient (Wildman–Crippen LogP) is 1.09. The summed E-state index contributed by atoms with van der Waals surface area (Å²) in [7, 11) is 1.63. The fraction of sp³-hybridized carbons (Fsp3) is 0.375. The number of ether oxygens (including phenoxy) is 1. The molecule has 6 heteroatoms. The molecule has 0 spiro atoms. The van der Waals surface area contributed by atoms with E-state index >= 15 is 0 Å². The van der Waals surface area contributed by atoms with Gasteiger partial charge in [0.25, 0.3) is 5.91 Å². The lowest BCUT2D eigenvalue weighted by Gasteiger charge is -2.22. The average Bonchev–Trinajstić information content (AvgIpc) is 3.23. The quantitative estimate of drug-likeness (QED) is 0.918. The predicted molar refractivity (Wildman–Crippen MR) is 80.9 cm³/mol. The van der Waals surface area contributed by atoms with Crippen molar-refractivity contribution in [1.82, 2.24) is 14.5 Å². The molecular formula is C16H19N3O3. The molecule has 6 nitrogen and oxygen atoms in total. The zero-order valence-electron chi connectivity index (χ0n) is 12.4. The molecule has 1 amide bonds. The van der Waals surface area contributed by atoms with E-state index in [-0.39, 0.29) is 24.7 Å². The molecule has 0 saturated carbocycles. The summed E-state index contributed by atoms with van der Waals surface area (Å²) in [6.45, 7) is 0.475. The molecule has 116 valence electrons. The summed E-state index contributed by atoms with van der Waals surface area (Å²) in [4.78, 5) is 18.3. The van der Waals surface area contributed by atoms with Crippen LogP contribution in [0.15, 0.2) is 43.0 Å². The van der Waals surface area contributed by atoms with Crippen LogP contribution in [0.2, 0.25) is 0 Å². The Kier molecular flexibility index (Phi) is 4.22. The smallest absolute Gasteiger partial charge is 0.254 e. The minimum atomic E-state index is -0.175. The number of carbonyl (C=O) groups excluding carboxylic acids is 1. The number of hydrogen-bond donors (Lipinski definition) is 1. The third-order valence-electron chi connectivity index (χ3n) is 4.10. The lowest BCUT2D eigenvalue weighted by Crippen LogP contribution is -2.38. The fourth-order valence-electron chi connectivity index (χ4n) is 2.82. The largest absolute Gasteiger partial charge is 0.394 e. The van der Waals surface area contributed by atoms with Crippen molar-refractivity contribution in [2.45, 2.75) is 18.6 Å². The molecule has 2 aromatic rings. The second-order valence-electron chi connectivity index (χ2n) is 5.40. The number of aliphatic hydroxyl groups excluding tert-OH is 1. The maximum atomic E-state index is 12.6. The van der Waals surface area contributed by atoms with Crippen LogP contribution >= 0.6 is 0 Å². The fourth-order valence-corrected chi connectivity index (χ4v) is 2.82. The Balaban J connectivity index is 1.77. The molecule has 1 aromatic carbocycles. The SMILES string of the molecule is CO[C@H]1C[C@@H](CO)N(C(=O)c2ccc(-n3ccnc3)cc2)C1. The highest BCUT2D eigenvalue weighted by Gasteiger charge is 2.35. The monoisotopic (exact) mass is 301 g/mol. The maximum Gasteiger partial charge on any atom is 0.254 e. The van der Waals surface area contributed by atoms with Crippen molar-refractivity contribution in [3.63, 3.8) is 0 Å². The van der Waals surface area contributed by atoms with Crippen molar-refractivity contribution in [1.29, 1.82) is 0 Å². The number of imidazole rings is 1. The number of methoxy groups -OCH3 is 1. The molecule has 1 aliphatic rings. The summed E-state index contributed by atoms with van der Waals surface area (Å²) in [5.74, 6) is -0.0734. The highest BCUT2D eigenvalue weighted by molar-refractivity contribution is 5.94. The summed E-state index contributed by atoms with van der Waals surface area (Å²) >= 11 is 0.